The molecule has 0 spiro atoms. The molecule has 0 aliphatic rings. The van der Waals surface area contributed by atoms with Crippen LogP contribution in [-0.4, -0.2) is 14.1 Å². The molecule has 0 aromatic heterocycles. The fourth-order valence-corrected chi connectivity index (χ4v) is 0.932. The van der Waals surface area contributed by atoms with Crippen molar-refractivity contribution >= 4 is 18.6 Å². The van der Waals surface area contributed by atoms with Gasteiger partial charge in [0.2, 0.25) is 0 Å². The van der Waals surface area contributed by atoms with E-state index in [2.05, 4.69) is 12.9 Å². The number of anilines is 1. The molecule has 0 radical (unpaired) electrons. The molecule has 0 N–H and O–H groups in total. The van der Waals surface area contributed by atoms with Crippen molar-refractivity contribution in [3.63, 3.8) is 0 Å². The van der Waals surface area contributed by atoms with Crippen LogP contribution in [0.3, 0.4) is 0 Å². The van der Waals surface area contributed by atoms with Gasteiger partial charge in [-0.15, -0.1) is 0 Å². The maximum absolute atomic E-state index is 4.77. The molecule has 0 atom stereocenters. The topological polar surface area (TPSA) is 12.5 Å². The molecule has 1 aromatic carbocycles. The van der Waals surface area contributed by atoms with E-state index in [1.807, 2.05) is 43.3 Å². The van der Waals surface area contributed by atoms with Crippen LogP contribution < -0.4 is 9.08 Å². The molecule has 0 amide bonds. The van der Waals surface area contributed by atoms with Crippen LogP contribution in [0.25, 0.3) is 0 Å². The van der Waals surface area contributed by atoms with Gasteiger partial charge in [-0.3, -0.25) is 0 Å². The van der Waals surface area contributed by atoms with E-state index in [4.69, 9.17) is 4.18 Å². The minimum atomic E-state index is 0.763. The van der Waals surface area contributed by atoms with E-state index < -0.39 is 0 Å². The van der Waals surface area contributed by atoms with Crippen LogP contribution in [-0.2, 0) is 0 Å². The van der Waals surface area contributed by atoms with Crippen LogP contribution >= 0.6 is 12.9 Å². The van der Waals surface area contributed by atoms with E-state index in [0.717, 1.165) is 11.4 Å². The van der Waals surface area contributed by atoms with E-state index in [-0.39, 0.29) is 0 Å². The largest absolute Gasteiger partial charge is 0.429 e. The molecule has 0 bridgehead atoms. The SMILES string of the molecule is CN(C)c1cccc(OS)c1. The molecule has 1 aromatic rings. The van der Waals surface area contributed by atoms with Gasteiger partial charge in [0.05, 0.1) is 0 Å². The van der Waals surface area contributed by atoms with Crippen LogP contribution in [0.15, 0.2) is 24.3 Å². The minimum absolute atomic E-state index is 0.763. The van der Waals surface area contributed by atoms with Crippen molar-refractivity contribution in [2.75, 3.05) is 19.0 Å². The van der Waals surface area contributed by atoms with E-state index in [1.165, 1.54) is 0 Å². The molecular weight excluding hydrogens is 158 g/mol. The van der Waals surface area contributed by atoms with E-state index in [1.54, 1.807) is 0 Å². The van der Waals surface area contributed by atoms with E-state index in [0.29, 0.717) is 0 Å². The van der Waals surface area contributed by atoms with Gasteiger partial charge in [0, 0.05) is 38.8 Å². The summed E-state index contributed by atoms with van der Waals surface area (Å²) in [6, 6.07) is 7.73. The molecule has 0 aliphatic heterocycles. The monoisotopic (exact) mass is 169 g/mol. The second kappa shape index (κ2) is 3.53. The number of rotatable bonds is 2. The van der Waals surface area contributed by atoms with Crippen molar-refractivity contribution in [1.29, 1.82) is 0 Å². The van der Waals surface area contributed by atoms with Crippen molar-refractivity contribution in [2.24, 2.45) is 0 Å². The van der Waals surface area contributed by atoms with Gasteiger partial charge in [-0.05, 0) is 12.1 Å². The Balaban J connectivity index is 2.91. The number of hydrogen-bond donors (Lipinski definition) is 1. The Hall–Kier alpha value is -0.830. The lowest BCUT2D eigenvalue weighted by Crippen LogP contribution is -2.07. The van der Waals surface area contributed by atoms with Crippen molar-refractivity contribution in [3.05, 3.63) is 24.3 Å². The van der Waals surface area contributed by atoms with Gasteiger partial charge in [-0.1, -0.05) is 6.07 Å². The molecule has 60 valence electrons. The zero-order valence-electron chi connectivity index (χ0n) is 6.61. The number of benzene rings is 1. The lowest BCUT2D eigenvalue weighted by molar-refractivity contribution is 0.659. The third-order valence-electron chi connectivity index (χ3n) is 1.44. The zero-order valence-corrected chi connectivity index (χ0v) is 7.51. The fourth-order valence-electron chi connectivity index (χ4n) is 0.818. The lowest BCUT2D eigenvalue weighted by atomic mass is 10.3. The third kappa shape index (κ3) is 2.05. The molecule has 2 nitrogen and oxygen atoms in total. The van der Waals surface area contributed by atoms with Crippen LogP contribution in [0.2, 0.25) is 0 Å². The quantitative estimate of drug-likeness (QED) is 0.537. The summed E-state index contributed by atoms with van der Waals surface area (Å²) in [5.74, 6) is 0.763. The molecule has 1 rings (SSSR count). The molecule has 0 saturated carbocycles. The fraction of sp³-hybridized carbons (Fsp3) is 0.250. The molecule has 0 heterocycles. The smallest absolute Gasteiger partial charge is 0.139 e. The normalized spacial score (nSPS) is 9.36. The molecule has 0 unspecified atom stereocenters. The Labute approximate surface area is 72.4 Å². The average Bonchev–Trinajstić information content (AvgIpc) is 2.05. The highest BCUT2D eigenvalue weighted by Gasteiger charge is 1.95. The Kier molecular flexibility index (Phi) is 2.65. The van der Waals surface area contributed by atoms with Crippen LogP contribution in [0.1, 0.15) is 0 Å². The van der Waals surface area contributed by atoms with Gasteiger partial charge < -0.3 is 9.08 Å². The Morgan fingerprint density at radius 3 is 2.64 bits per heavy atom. The van der Waals surface area contributed by atoms with E-state index >= 15 is 0 Å². The van der Waals surface area contributed by atoms with E-state index in [9.17, 15) is 0 Å². The Bertz CT molecular complexity index is 237. The standard InChI is InChI=1S/C8H11NOS/c1-9(2)7-4-3-5-8(6-7)10-11/h3-6,11H,1-2H3. The first-order valence-electron chi connectivity index (χ1n) is 3.33. The first-order valence-corrected chi connectivity index (χ1v) is 3.69. The Morgan fingerprint density at radius 1 is 1.36 bits per heavy atom. The van der Waals surface area contributed by atoms with Gasteiger partial charge in [0.25, 0.3) is 0 Å². The lowest BCUT2D eigenvalue weighted by Gasteiger charge is -2.12. The molecule has 0 saturated heterocycles. The van der Waals surface area contributed by atoms with Crippen LogP contribution in [0, 0.1) is 0 Å². The zero-order chi connectivity index (χ0) is 8.27. The summed E-state index contributed by atoms with van der Waals surface area (Å²) in [6.07, 6.45) is 0. The maximum Gasteiger partial charge on any atom is 0.139 e. The van der Waals surface area contributed by atoms with Crippen molar-refractivity contribution in [2.45, 2.75) is 0 Å². The number of hydrogen-bond acceptors (Lipinski definition) is 3. The summed E-state index contributed by atoms with van der Waals surface area (Å²) in [5, 5.41) is 0. The van der Waals surface area contributed by atoms with Gasteiger partial charge in [-0.25, -0.2) is 0 Å². The molecule has 0 fully saturated rings. The first-order chi connectivity index (χ1) is 5.24. The highest BCUT2D eigenvalue weighted by atomic mass is 32.1. The number of nitrogens with zero attached hydrogens (tertiary/aromatic N) is 1. The van der Waals surface area contributed by atoms with Gasteiger partial charge in [-0.2, -0.15) is 0 Å². The molecular formula is C8H11NOS. The summed E-state index contributed by atoms with van der Waals surface area (Å²) < 4.78 is 4.77. The van der Waals surface area contributed by atoms with Crippen molar-refractivity contribution in [3.8, 4) is 5.75 Å². The Morgan fingerprint density at radius 2 is 2.09 bits per heavy atom. The third-order valence-corrected chi connectivity index (χ3v) is 1.65. The maximum atomic E-state index is 4.77. The number of thiol groups is 1. The second-order valence-corrected chi connectivity index (χ2v) is 2.67. The van der Waals surface area contributed by atoms with Gasteiger partial charge in [0.1, 0.15) is 5.75 Å². The average molecular weight is 169 g/mol. The first kappa shape index (κ1) is 8.27. The predicted molar refractivity (Wildman–Crippen MR) is 50.4 cm³/mol. The minimum Gasteiger partial charge on any atom is -0.429 e. The van der Waals surface area contributed by atoms with Crippen molar-refractivity contribution < 1.29 is 4.18 Å². The predicted octanol–water partition coefficient (Wildman–Crippen LogP) is 1.98. The van der Waals surface area contributed by atoms with Gasteiger partial charge in [0.15, 0.2) is 0 Å². The summed E-state index contributed by atoms with van der Waals surface area (Å²) >= 11 is 3.71. The van der Waals surface area contributed by atoms with Crippen molar-refractivity contribution in [1.82, 2.24) is 0 Å². The van der Waals surface area contributed by atoms with Gasteiger partial charge >= 0.3 is 0 Å². The summed E-state index contributed by atoms with van der Waals surface area (Å²) in [5.41, 5.74) is 1.11. The summed E-state index contributed by atoms with van der Waals surface area (Å²) in [7, 11) is 3.97. The molecule has 3 heteroatoms. The molecule has 11 heavy (non-hydrogen) atoms. The van der Waals surface area contributed by atoms with Crippen LogP contribution in [0.4, 0.5) is 5.69 Å². The summed E-state index contributed by atoms with van der Waals surface area (Å²) in [4.78, 5) is 2.01. The summed E-state index contributed by atoms with van der Waals surface area (Å²) in [6.45, 7) is 0. The highest BCUT2D eigenvalue weighted by molar-refractivity contribution is 7.75. The molecule has 0 aliphatic carbocycles. The second-order valence-electron chi connectivity index (χ2n) is 2.48. The highest BCUT2D eigenvalue weighted by Crippen LogP contribution is 2.19. The van der Waals surface area contributed by atoms with Crippen LogP contribution in [0.5, 0.6) is 5.75 Å².